The summed E-state index contributed by atoms with van der Waals surface area (Å²) in [7, 11) is 0. The van der Waals surface area contributed by atoms with Crippen LogP contribution in [-0.2, 0) is 4.74 Å². The van der Waals surface area contributed by atoms with E-state index in [9.17, 15) is 9.59 Å². The van der Waals surface area contributed by atoms with Gasteiger partial charge in [-0.25, -0.2) is 4.79 Å². The third-order valence-electron chi connectivity index (χ3n) is 4.65. The number of ether oxygens (including phenoxy) is 1. The van der Waals surface area contributed by atoms with Crippen molar-refractivity contribution in [3.8, 4) is 0 Å². The van der Waals surface area contributed by atoms with Crippen LogP contribution in [0.5, 0.6) is 0 Å². The Balaban J connectivity index is 2.06. The van der Waals surface area contributed by atoms with Crippen LogP contribution < -0.4 is 5.43 Å². The zero-order chi connectivity index (χ0) is 17.6. The maximum Gasteiger partial charge on any atom is 0.344 e. The molecule has 1 saturated carbocycles. The van der Waals surface area contributed by atoms with Crippen LogP contribution in [-0.4, -0.2) is 28.4 Å². The SMILES string of the molecule is CCOC(=O)c1c(SC)n(C2=CC3CC3C=C2)c2cnccc2c1=O. The highest BCUT2D eigenvalue weighted by Gasteiger charge is 2.36. The lowest BCUT2D eigenvalue weighted by Gasteiger charge is -2.20. The summed E-state index contributed by atoms with van der Waals surface area (Å²) < 4.78 is 7.12. The van der Waals surface area contributed by atoms with Crippen molar-refractivity contribution in [1.82, 2.24) is 9.55 Å². The molecule has 6 heteroatoms. The van der Waals surface area contributed by atoms with Crippen LogP contribution in [0.1, 0.15) is 23.7 Å². The van der Waals surface area contributed by atoms with E-state index in [1.807, 2.05) is 10.8 Å². The lowest BCUT2D eigenvalue weighted by atomic mass is 10.1. The van der Waals surface area contributed by atoms with Crippen molar-refractivity contribution in [2.45, 2.75) is 18.4 Å². The van der Waals surface area contributed by atoms with Gasteiger partial charge in [-0.1, -0.05) is 12.2 Å². The van der Waals surface area contributed by atoms with Crippen LogP contribution in [0.3, 0.4) is 0 Å². The van der Waals surface area contributed by atoms with E-state index < -0.39 is 5.97 Å². The summed E-state index contributed by atoms with van der Waals surface area (Å²) in [5.41, 5.74) is 1.48. The molecule has 0 saturated heterocycles. The van der Waals surface area contributed by atoms with Crippen molar-refractivity contribution >= 4 is 34.3 Å². The second-order valence-electron chi connectivity index (χ2n) is 6.18. The van der Waals surface area contributed by atoms with E-state index in [1.54, 1.807) is 25.4 Å². The smallest absolute Gasteiger partial charge is 0.344 e. The number of thioether (sulfide) groups is 1. The predicted octanol–water partition coefficient (Wildman–Crippen LogP) is 3.34. The fourth-order valence-electron chi connectivity index (χ4n) is 3.34. The fraction of sp³-hybridized carbons (Fsp3) is 0.316. The molecule has 25 heavy (non-hydrogen) atoms. The summed E-state index contributed by atoms with van der Waals surface area (Å²) in [6.45, 7) is 1.96. The fourth-order valence-corrected chi connectivity index (χ4v) is 4.10. The third kappa shape index (κ3) is 2.61. The molecular formula is C19H18N2O3S. The molecule has 2 atom stereocenters. The largest absolute Gasteiger partial charge is 0.462 e. The van der Waals surface area contributed by atoms with Gasteiger partial charge in [0.1, 0.15) is 5.56 Å². The summed E-state index contributed by atoms with van der Waals surface area (Å²) in [4.78, 5) is 29.6. The van der Waals surface area contributed by atoms with Crippen molar-refractivity contribution < 1.29 is 9.53 Å². The average Bonchev–Trinajstić information content (AvgIpc) is 3.40. The molecule has 0 spiro atoms. The van der Waals surface area contributed by atoms with Gasteiger partial charge in [0.25, 0.3) is 0 Å². The van der Waals surface area contributed by atoms with Crippen LogP contribution in [0, 0.1) is 11.8 Å². The number of pyridine rings is 2. The first kappa shape index (κ1) is 16.1. The zero-order valence-corrected chi connectivity index (χ0v) is 14.9. The second kappa shape index (κ2) is 6.19. The van der Waals surface area contributed by atoms with Gasteiger partial charge in [0.15, 0.2) is 0 Å². The maximum absolute atomic E-state index is 12.9. The van der Waals surface area contributed by atoms with Crippen LogP contribution >= 0.6 is 11.8 Å². The normalized spacial score (nSPS) is 21.0. The Bertz CT molecular complexity index is 990. The molecule has 2 aliphatic carbocycles. The number of fused-ring (bicyclic) bond motifs is 2. The number of aromatic nitrogens is 2. The van der Waals surface area contributed by atoms with Gasteiger partial charge in [-0.3, -0.25) is 9.78 Å². The van der Waals surface area contributed by atoms with E-state index in [0.29, 0.717) is 27.8 Å². The van der Waals surface area contributed by atoms with Crippen molar-refractivity contribution in [2.75, 3.05) is 12.9 Å². The number of carbonyl (C=O) groups excluding carboxylic acids is 1. The Morgan fingerprint density at radius 3 is 3.00 bits per heavy atom. The molecule has 0 radical (unpaired) electrons. The molecule has 0 aromatic carbocycles. The van der Waals surface area contributed by atoms with E-state index in [0.717, 1.165) is 12.1 Å². The molecule has 4 rings (SSSR count). The molecule has 0 amide bonds. The standard InChI is InChI=1S/C19H18N2O3S/c1-3-24-19(23)16-17(22)14-6-7-20-10-15(14)21(18(16)25-2)13-5-4-11-8-12(11)9-13/h4-7,9-12H,3,8H2,1-2H3. The molecule has 2 aliphatic rings. The molecule has 0 N–H and O–H groups in total. The molecule has 0 aliphatic heterocycles. The molecule has 2 aromatic rings. The number of rotatable bonds is 4. The number of nitrogens with zero attached hydrogens (tertiary/aromatic N) is 2. The molecule has 0 bridgehead atoms. The van der Waals surface area contributed by atoms with Crippen LogP contribution in [0.25, 0.3) is 16.6 Å². The monoisotopic (exact) mass is 354 g/mol. The average molecular weight is 354 g/mol. The van der Waals surface area contributed by atoms with Gasteiger partial charge >= 0.3 is 5.97 Å². The highest BCUT2D eigenvalue weighted by molar-refractivity contribution is 7.98. The highest BCUT2D eigenvalue weighted by Crippen LogP contribution is 2.45. The summed E-state index contributed by atoms with van der Waals surface area (Å²) in [6, 6.07) is 1.66. The minimum absolute atomic E-state index is 0.0975. The molecule has 2 unspecified atom stereocenters. The van der Waals surface area contributed by atoms with E-state index in [-0.39, 0.29) is 17.6 Å². The first-order valence-electron chi connectivity index (χ1n) is 8.30. The highest BCUT2D eigenvalue weighted by atomic mass is 32.2. The van der Waals surface area contributed by atoms with Gasteiger partial charge in [-0.05, 0) is 43.6 Å². The summed E-state index contributed by atoms with van der Waals surface area (Å²) in [5, 5.41) is 1.07. The Morgan fingerprint density at radius 1 is 1.44 bits per heavy atom. The Kier molecular flexibility index (Phi) is 4.00. The van der Waals surface area contributed by atoms with E-state index in [2.05, 4.69) is 23.2 Å². The quantitative estimate of drug-likeness (QED) is 0.622. The predicted molar refractivity (Wildman–Crippen MR) is 98.8 cm³/mol. The first-order chi connectivity index (χ1) is 12.2. The molecule has 5 nitrogen and oxygen atoms in total. The third-order valence-corrected chi connectivity index (χ3v) is 5.42. The first-order valence-corrected chi connectivity index (χ1v) is 9.52. The van der Waals surface area contributed by atoms with Crippen molar-refractivity contribution in [3.05, 3.63) is 52.5 Å². The number of hydrogen-bond acceptors (Lipinski definition) is 5. The number of carbonyl (C=O) groups is 1. The Hall–Kier alpha value is -2.34. The van der Waals surface area contributed by atoms with Gasteiger partial charge in [0.2, 0.25) is 5.43 Å². The Morgan fingerprint density at radius 2 is 2.28 bits per heavy atom. The van der Waals surface area contributed by atoms with Gasteiger partial charge in [-0.2, -0.15) is 0 Å². The number of allylic oxidation sites excluding steroid dienone is 4. The Labute approximate surface area is 149 Å². The molecule has 1 fully saturated rings. The number of esters is 1. The summed E-state index contributed by atoms with van der Waals surface area (Å²) in [5.74, 6) is 0.607. The van der Waals surface area contributed by atoms with Gasteiger partial charge in [0, 0.05) is 11.9 Å². The summed E-state index contributed by atoms with van der Waals surface area (Å²) in [6.07, 6.45) is 12.8. The van der Waals surface area contributed by atoms with Crippen molar-refractivity contribution in [3.63, 3.8) is 0 Å². The maximum atomic E-state index is 12.9. The molecular weight excluding hydrogens is 336 g/mol. The van der Waals surface area contributed by atoms with Crippen LogP contribution in [0.2, 0.25) is 0 Å². The van der Waals surface area contributed by atoms with E-state index in [1.165, 1.54) is 11.8 Å². The molecule has 128 valence electrons. The van der Waals surface area contributed by atoms with E-state index >= 15 is 0 Å². The number of hydrogen-bond donors (Lipinski definition) is 0. The lowest BCUT2D eigenvalue weighted by molar-refractivity contribution is 0.0519. The minimum atomic E-state index is -0.575. The van der Waals surface area contributed by atoms with Crippen molar-refractivity contribution in [2.24, 2.45) is 11.8 Å². The van der Waals surface area contributed by atoms with Gasteiger partial charge in [0.05, 0.1) is 28.7 Å². The zero-order valence-electron chi connectivity index (χ0n) is 14.1. The van der Waals surface area contributed by atoms with Crippen LogP contribution in [0.4, 0.5) is 0 Å². The van der Waals surface area contributed by atoms with Crippen LogP contribution in [0.15, 0.2) is 46.5 Å². The van der Waals surface area contributed by atoms with Gasteiger partial charge < -0.3 is 9.30 Å². The molecule has 2 heterocycles. The lowest BCUT2D eigenvalue weighted by Crippen LogP contribution is -2.23. The second-order valence-corrected chi connectivity index (χ2v) is 6.97. The minimum Gasteiger partial charge on any atom is -0.462 e. The van der Waals surface area contributed by atoms with Gasteiger partial charge in [-0.15, -0.1) is 11.8 Å². The topological polar surface area (TPSA) is 61.2 Å². The van der Waals surface area contributed by atoms with Crippen molar-refractivity contribution in [1.29, 1.82) is 0 Å². The van der Waals surface area contributed by atoms with E-state index in [4.69, 9.17) is 4.74 Å². The summed E-state index contributed by atoms with van der Waals surface area (Å²) >= 11 is 1.37. The molecule has 2 aromatic heterocycles.